The van der Waals surface area contributed by atoms with Crippen LogP contribution in [0.15, 0.2) is 115 Å². The standard InChI is InChI=1S/C68H49F17Si2/c1-38-15-11-19-51-44(34-48-36-46(27-29-86(5,6)7)53-21-13-17-40(3)57(53)59(48)55(38)51)25-23-42-31-43(33-50(32-42)61(69,70)62(71,72)63(73,74)64(75,76)65(77,78)66(79,80)67(81,82)68(83,84)85)24-26-45-35-49-37-47(28-30-87(8,9)10)54-22-14-18-41(4)58(54)60(49)56-39(2)16-12-20-52(45)56/h11-22,31-37H,1-10H3. The van der Waals surface area contributed by atoms with Crippen molar-refractivity contribution in [2.45, 2.75) is 115 Å². The minimum atomic E-state index is -8.80. The molecule has 9 rings (SSSR count). The van der Waals surface area contributed by atoms with Gasteiger partial charge in [-0.25, -0.2) is 0 Å². The highest BCUT2D eigenvalue weighted by Gasteiger charge is 2.95. The van der Waals surface area contributed by atoms with Gasteiger partial charge in [-0.15, -0.1) is 11.1 Å². The second-order valence-corrected chi connectivity index (χ2v) is 33.2. The maximum Gasteiger partial charge on any atom is 0.460 e. The molecule has 0 bridgehead atoms. The summed E-state index contributed by atoms with van der Waals surface area (Å²) in [6.07, 6.45) is -7.89. The number of hydrogen-bond acceptors (Lipinski definition) is 0. The van der Waals surface area contributed by atoms with Crippen LogP contribution in [0.5, 0.6) is 0 Å². The summed E-state index contributed by atoms with van der Waals surface area (Å²) in [5, 5.41) is 8.22. The van der Waals surface area contributed by atoms with Gasteiger partial charge >= 0.3 is 47.6 Å². The minimum Gasteiger partial charge on any atom is -0.194 e. The molecule has 0 saturated carbocycles. The number of halogens is 17. The molecule has 0 N–H and O–H groups in total. The zero-order chi connectivity index (χ0) is 64.4. The summed E-state index contributed by atoms with van der Waals surface area (Å²) in [5.41, 5.74) is 7.52. The topological polar surface area (TPSA) is 0 Å². The van der Waals surface area contributed by atoms with Crippen LogP contribution < -0.4 is 0 Å². The monoisotopic (exact) mass is 1240 g/mol. The molecule has 0 aromatic heterocycles. The van der Waals surface area contributed by atoms with Crippen LogP contribution in [0.4, 0.5) is 74.6 Å². The van der Waals surface area contributed by atoms with Crippen molar-refractivity contribution in [2.24, 2.45) is 0 Å². The average molecular weight is 1250 g/mol. The second kappa shape index (κ2) is 21.1. The summed E-state index contributed by atoms with van der Waals surface area (Å²) in [6.45, 7) is 19.7. The van der Waals surface area contributed by atoms with Crippen molar-refractivity contribution in [3.63, 3.8) is 0 Å². The molecular weight excluding hydrogens is 1200 g/mol. The Bertz CT molecular complexity index is 4400. The third kappa shape index (κ3) is 10.5. The van der Waals surface area contributed by atoms with E-state index in [0.29, 0.717) is 43.4 Å². The van der Waals surface area contributed by atoms with Gasteiger partial charge in [0.05, 0.1) is 0 Å². The first-order valence-electron chi connectivity index (χ1n) is 26.7. The van der Waals surface area contributed by atoms with E-state index in [-0.39, 0.29) is 23.3 Å². The molecule has 0 atom stereocenters. The molecule has 0 amide bonds. The lowest BCUT2D eigenvalue weighted by Gasteiger charge is -2.42. The molecule has 19 heteroatoms. The van der Waals surface area contributed by atoms with Crippen LogP contribution in [0.3, 0.4) is 0 Å². The van der Waals surface area contributed by atoms with E-state index in [2.05, 4.69) is 46.6 Å². The van der Waals surface area contributed by atoms with Gasteiger partial charge < -0.3 is 0 Å². The first-order valence-corrected chi connectivity index (χ1v) is 33.7. The highest BCUT2D eigenvalue weighted by Crippen LogP contribution is 2.65. The third-order valence-electron chi connectivity index (χ3n) is 14.9. The first kappa shape index (κ1) is 63.5. The second-order valence-electron chi connectivity index (χ2n) is 23.7. The zero-order valence-electron chi connectivity index (χ0n) is 47.9. The van der Waals surface area contributed by atoms with Crippen molar-refractivity contribution >= 4 is 80.8 Å². The number of hydrogen-bond donors (Lipinski definition) is 0. The summed E-state index contributed by atoms with van der Waals surface area (Å²) in [6, 6.07) is 29.5. The Morgan fingerprint density at radius 3 is 0.862 bits per heavy atom. The van der Waals surface area contributed by atoms with E-state index in [1.807, 2.05) is 128 Å². The van der Waals surface area contributed by atoms with E-state index in [4.69, 9.17) is 0 Å². The van der Waals surface area contributed by atoms with Crippen LogP contribution in [0.25, 0.3) is 64.6 Å². The molecule has 0 nitrogen and oxygen atoms in total. The fourth-order valence-corrected chi connectivity index (χ4v) is 11.5. The molecule has 0 aliphatic heterocycles. The summed E-state index contributed by atoms with van der Waals surface area (Å²) in [5.74, 6) is -40.7. The quantitative estimate of drug-likeness (QED) is 0.0646. The van der Waals surface area contributed by atoms with Crippen LogP contribution in [0, 0.1) is 74.3 Å². The van der Waals surface area contributed by atoms with E-state index in [1.165, 1.54) is 0 Å². The van der Waals surface area contributed by atoms with Gasteiger partial charge in [-0.3, -0.25) is 0 Å². The summed E-state index contributed by atoms with van der Waals surface area (Å²) in [4.78, 5) is 0. The predicted molar refractivity (Wildman–Crippen MR) is 315 cm³/mol. The molecule has 87 heavy (non-hydrogen) atoms. The Balaban J connectivity index is 1.31. The molecule has 9 aromatic rings. The first-order chi connectivity index (χ1) is 40.0. The van der Waals surface area contributed by atoms with Crippen molar-refractivity contribution in [3.05, 3.63) is 176 Å². The molecule has 0 aliphatic carbocycles. The molecule has 0 aliphatic rings. The maximum absolute atomic E-state index is 16.6. The fourth-order valence-electron chi connectivity index (χ4n) is 10.5. The van der Waals surface area contributed by atoms with Crippen LogP contribution in [-0.2, 0) is 5.92 Å². The van der Waals surface area contributed by atoms with Gasteiger partial charge in [-0.05, 0) is 157 Å². The van der Waals surface area contributed by atoms with Gasteiger partial charge in [0.15, 0.2) is 0 Å². The summed E-state index contributed by atoms with van der Waals surface area (Å²) in [7, 11) is -3.97. The Labute approximate surface area is 491 Å². The van der Waals surface area contributed by atoms with Crippen LogP contribution in [-0.4, -0.2) is 57.9 Å². The van der Waals surface area contributed by atoms with Gasteiger partial charge in [-0.1, -0.05) is 148 Å². The summed E-state index contributed by atoms with van der Waals surface area (Å²) >= 11 is 0. The number of alkyl halides is 17. The van der Waals surface area contributed by atoms with E-state index in [1.54, 1.807) is 36.4 Å². The Hall–Kier alpha value is -7.98. The molecule has 448 valence electrons. The highest BCUT2D eigenvalue weighted by atomic mass is 28.3. The number of benzene rings is 9. The largest absolute Gasteiger partial charge is 0.460 e. The SMILES string of the molecule is Cc1cccc2c(C#Cc3cc(C#Cc4cc5cc(C#C[Si](C)(C)C)c6cccc(C)c6c5c5c(C)cccc45)cc(C(F)(F)C(F)(F)C(F)(F)C(F)(F)C(F)(F)C(F)(F)C(F)(F)C(F)(F)F)c3)cc3cc(C#C[Si](C)(C)C)c4cccc(C)c4c3c12. The fraction of sp³-hybridized carbons (Fsp3) is 0.265. The normalized spacial score (nSPS) is 13.3. The number of rotatable bonds is 7. The van der Waals surface area contributed by atoms with Crippen molar-refractivity contribution < 1.29 is 74.6 Å². The predicted octanol–water partition coefficient (Wildman–Crippen LogP) is 20.6. The van der Waals surface area contributed by atoms with Crippen LogP contribution in [0.2, 0.25) is 39.3 Å². The summed E-state index contributed by atoms with van der Waals surface area (Å²) < 4.78 is 251. The molecule has 9 aromatic carbocycles. The third-order valence-corrected chi connectivity index (χ3v) is 16.6. The number of fused-ring (bicyclic) bond motifs is 10. The molecule has 0 heterocycles. The van der Waals surface area contributed by atoms with E-state index in [9.17, 15) is 39.5 Å². The molecule has 0 spiro atoms. The van der Waals surface area contributed by atoms with E-state index < -0.39 is 80.5 Å². The maximum atomic E-state index is 16.6. The lowest BCUT2D eigenvalue weighted by atomic mass is 9.86. The average Bonchev–Trinajstić information content (AvgIpc) is 1.13. The van der Waals surface area contributed by atoms with Gasteiger partial charge in [-0.2, -0.15) is 74.6 Å². The van der Waals surface area contributed by atoms with E-state index in [0.717, 1.165) is 60.6 Å². The van der Waals surface area contributed by atoms with Gasteiger partial charge in [0, 0.05) is 38.9 Å². The Morgan fingerprint density at radius 2 is 0.575 bits per heavy atom. The van der Waals surface area contributed by atoms with Crippen molar-refractivity contribution in [3.8, 4) is 46.6 Å². The van der Waals surface area contributed by atoms with Gasteiger partial charge in [0.25, 0.3) is 0 Å². The number of aryl methyl sites for hydroxylation is 4. The Kier molecular flexibility index (Phi) is 15.4. The van der Waals surface area contributed by atoms with Crippen molar-refractivity contribution in [1.29, 1.82) is 0 Å². The lowest BCUT2D eigenvalue weighted by molar-refractivity contribution is -0.462. The molecule has 0 unspecified atom stereocenters. The van der Waals surface area contributed by atoms with Gasteiger partial charge in [0.2, 0.25) is 0 Å². The molecule has 0 saturated heterocycles. The van der Waals surface area contributed by atoms with Crippen LogP contribution >= 0.6 is 0 Å². The zero-order valence-corrected chi connectivity index (χ0v) is 49.9. The van der Waals surface area contributed by atoms with Crippen molar-refractivity contribution in [1.82, 2.24) is 0 Å². The van der Waals surface area contributed by atoms with E-state index >= 15 is 35.1 Å². The molecular formula is C68H49F17Si2. The smallest absolute Gasteiger partial charge is 0.194 e. The molecule has 0 radical (unpaired) electrons. The van der Waals surface area contributed by atoms with Crippen molar-refractivity contribution in [2.75, 3.05) is 0 Å². The lowest BCUT2D eigenvalue weighted by Crippen LogP contribution is -2.74. The highest BCUT2D eigenvalue weighted by molar-refractivity contribution is 6.84. The Morgan fingerprint density at radius 1 is 0.299 bits per heavy atom. The van der Waals surface area contributed by atoms with Gasteiger partial charge in [0.1, 0.15) is 16.1 Å². The minimum absolute atomic E-state index is 0.0223. The molecule has 0 fully saturated rings. The van der Waals surface area contributed by atoms with Crippen LogP contribution in [0.1, 0.15) is 61.2 Å².